The van der Waals surface area contributed by atoms with Crippen LogP contribution in [0.2, 0.25) is 0 Å². The predicted octanol–water partition coefficient (Wildman–Crippen LogP) is 2.08. The van der Waals surface area contributed by atoms with Crippen LogP contribution in [0.15, 0.2) is 0 Å². The molecule has 0 bridgehead atoms. The van der Waals surface area contributed by atoms with Crippen molar-refractivity contribution in [1.29, 1.82) is 0 Å². The van der Waals surface area contributed by atoms with Crippen molar-refractivity contribution in [3.05, 3.63) is 17.5 Å². The van der Waals surface area contributed by atoms with Crippen LogP contribution in [0.3, 0.4) is 0 Å². The van der Waals surface area contributed by atoms with Gasteiger partial charge < -0.3 is 0 Å². The number of aryl methyl sites for hydroxylation is 3. The van der Waals surface area contributed by atoms with Crippen molar-refractivity contribution in [2.75, 3.05) is 0 Å². The predicted molar refractivity (Wildman–Crippen MR) is 52.5 cm³/mol. The fraction of sp³-hybridized carbons (Fsp3) is 0.700. The third-order valence-electron chi connectivity index (χ3n) is 1.85. The molecule has 3 heteroatoms. The highest BCUT2D eigenvalue weighted by molar-refractivity contribution is 4.94. The van der Waals surface area contributed by atoms with Crippen molar-refractivity contribution in [1.82, 2.24) is 15.0 Å². The monoisotopic (exact) mass is 179 g/mol. The molecule has 3 nitrogen and oxygen atoms in total. The average Bonchev–Trinajstić information content (AvgIpc) is 1.99. The molecular formula is C10H17N3. The molecule has 0 aliphatic heterocycles. The molecule has 0 fully saturated rings. The number of hydrogen-bond acceptors (Lipinski definition) is 3. The number of rotatable bonds is 3. The van der Waals surface area contributed by atoms with E-state index >= 15 is 0 Å². The Bertz CT molecular complexity index is 261. The molecule has 0 amide bonds. The van der Waals surface area contributed by atoms with Crippen molar-refractivity contribution < 1.29 is 0 Å². The quantitative estimate of drug-likeness (QED) is 0.713. The first-order valence-electron chi connectivity index (χ1n) is 4.76. The van der Waals surface area contributed by atoms with E-state index in [1.54, 1.807) is 0 Å². The summed E-state index contributed by atoms with van der Waals surface area (Å²) in [5, 5.41) is 0. The lowest BCUT2D eigenvalue weighted by Crippen LogP contribution is -2.04. The molecule has 1 rings (SSSR count). The summed E-state index contributed by atoms with van der Waals surface area (Å²) in [5.74, 6) is 3.29. The standard InChI is InChI=1S/C10H17N3/c1-7(2)5-6-10-12-8(3)11-9(4)13-10/h7H,5-6H2,1-4H3. The third-order valence-corrected chi connectivity index (χ3v) is 1.85. The molecule has 1 aromatic rings. The Morgan fingerprint density at radius 1 is 1.00 bits per heavy atom. The minimum atomic E-state index is 0.706. The van der Waals surface area contributed by atoms with Gasteiger partial charge in [0.25, 0.3) is 0 Å². The molecule has 0 saturated heterocycles. The van der Waals surface area contributed by atoms with Gasteiger partial charge in [-0.15, -0.1) is 0 Å². The van der Waals surface area contributed by atoms with E-state index in [0.717, 1.165) is 30.3 Å². The van der Waals surface area contributed by atoms with Gasteiger partial charge in [0.2, 0.25) is 0 Å². The first kappa shape index (κ1) is 10.1. The van der Waals surface area contributed by atoms with Crippen LogP contribution in [0.25, 0.3) is 0 Å². The molecule has 0 aliphatic carbocycles. The van der Waals surface area contributed by atoms with Gasteiger partial charge in [-0.1, -0.05) is 13.8 Å². The van der Waals surface area contributed by atoms with Crippen molar-refractivity contribution in [3.8, 4) is 0 Å². The van der Waals surface area contributed by atoms with Gasteiger partial charge in [0.15, 0.2) is 0 Å². The first-order chi connectivity index (χ1) is 6.08. The topological polar surface area (TPSA) is 38.7 Å². The fourth-order valence-corrected chi connectivity index (χ4v) is 1.21. The molecule has 13 heavy (non-hydrogen) atoms. The zero-order valence-corrected chi connectivity index (χ0v) is 8.83. The van der Waals surface area contributed by atoms with E-state index in [0.29, 0.717) is 5.92 Å². The fourth-order valence-electron chi connectivity index (χ4n) is 1.21. The molecule has 0 aliphatic rings. The van der Waals surface area contributed by atoms with Gasteiger partial charge in [0.1, 0.15) is 17.5 Å². The summed E-state index contributed by atoms with van der Waals surface area (Å²) in [7, 11) is 0. The highest BCUT2D eigenvalue weighted by Gasteiger charge is 2.01. The van der Waals surface area contributed by atoms with Crippen LogP contribution in [0.1, 0.15) is 37.7 Å². The van der Waals surface area contributed by atoms with Crippen LogP contribution >= 0.6 is 0 Å². The summed E-state index contributed by atoms with van der Waals surface area (Å²) in [6.45, 7) is 8.24. The van der Waals surface area contributed by atoms with Gasteiger partial charge in [-0.2, -0.15) is 0 Å². The van der Waals surface area contributed by atoms with E-state index < -0.39 is 0 Å². The van der Waals surface area contributed by atoms with Crippen LogP contribution in [0.5, 0.6) is 0 Å². The van der Waals surface area contributed by atoms with Crippen molar-refractivity contribution >= 4 is 0 Å². The largest absolute Gasteiger partial charge is 0.219 e. The summed E-state index contributed by atoms with van der Waals surface area (Å²) >= 11 is 0. The van der Waals surface area contributed by atoms with Crippen LogP contribution < -0.4 is 0 Å². The van der Waals surface area contributed by atoms with Crippen molar-refractivity contribution in [2.24, 2.45) is 5.92 Å². The zero-order valence-electron chi connectivity index (χ0n) is 8.83. The average molecular weight is 179 g/mol. The maximum Gasteiger partial charge on any atom is 0.132 e. The summed E-state index contributed by atoms with van der Waals surface area (Å²) < 4.78 is 0. The molecule has 0 saturated carbocycles. The van der Waals surface area contributed by atoms with Gasteiger partial charge in [-0.25, -0.2) is 15.0 Å². The zero-order chi connectivity index (χ0) is 9.84. The lowest BCUT2D eigenvalue weighted by atomic mass is 10.1. The lowest BCUT2D eigenvalue weighted by Gasteiger charge is -2.04. The maximum absolute atomic E-state index is 4.28. The molecule has 72 valence electrons. The van der Waals surface area contributed by atoms with Crippen LogP contribution in [0.4, 0.5) is 0 Å². The Morgan fingerprint density at radius 3 is 2.00 bits per heavy atom. The van der Waals surface area contributed by atoms with E-state index in [-0.39, 0.29) is 0 Å². The molecule has 0 spiro atoms. The number of aromatic nitrogens is 3. The van der Waals surface area contributed by atoms with E-state index in [4.69, 9.17) is 0 Å². The molecule has 0 atom stereocenters. The molecule has 0 aromatic carbocycles. The van der Waals surface area contributed by atoms with Crippen molar-refractivity contribution in [3.63, 3.8) is 0 Å². The normalized spacial score (nSPS) is 10.8. The molecule has 1 aromatic heterocycles. The Labute approximate surface area is 79.6 Å². The second-order valence-electron chi connectivity index (χ2n) is 3.78. The second-order valence-corrected chi connectivity index (χ2v) is 3.78. The summed E-state index contributed by atoms with van der Waals surface area (Å²) in [6.07, 6.45) is 2.10. The Morgan fingerprint density at radius 2 is 1.54 bits per heavy atom. The van der Waals surface area contributed by atoms with Gasteiger partial charge in [0.05, 0.1) is 0 Å². The Kier molecular flexibility index (Phi) is 3.34. The summed E-state index contributed by atoms with van der Waals surface area (Å²) in [5.41, 5.74) is 0. The molecule has 1 heterocycles. The molecule has 0 radical (unpaired) electrons. The first-order valence-corrected chi connectivity index (χ1v) is 4.76. The SMILES string of the molecule is Cc1nc(C)nc(CCC(C)C)n1. The smallest absolute Gasteiger partial charge is 0.132 e. The van der Waals surface area contributed by atoms with Crippen LogP contribution in [0, 0.1) is 19.8 Å². The van der Waals surface area contributed by atoms with E-state index in [1.165, 1.54) is 0 Å². The summed E-state index contributed by atoms with van der Waals surface area (Å²) in [6, 6.07) is 0. The Hall–Kier alpha value is -0.990. The highest BCUT2D eigenvalue weighted by atomic mass is 15.0. The van der Waals surface area contributed by atoms with Gasteiger partial charge in [-0.3, -0.25) is 0 Å². The van der Waals surface area contributed by atoms with Gasteiger partial charge >= 0.3 is 0 Å². The minimum Gasteiger partial charge on any atom is -0.219 e. The van der Waals surface area contributed by atoms with Gasteiger partial charge in [0, 0.05) is 6.42 Å². The Balaban J connectivity index is 2.66. The molecular weight excluding hydrogens is 162 g/mol. The van der Waals surface area contributed by atoms with E-state index in [2.05, 4.69) is 28.8 Å². The van der Waals surface area contributed by atoms with Gasteiger partial charge in [-0.05, 0) is 26.2 Å². The number of hydrogen-bond donors (Lipinski definition) is 0. The van der Waals surface area contributed by atoms with Crippen LogP contribution in [-0.2, 0) is 6.42 Å². The summed E-state index contributed by atoms with van der Waals surface area (Å²) in [4.78, 5) is 12.7. The molecule has 0 unspecified atom stereocenters. The lowest BCUT2D eigenvalue weighted by molar-refractivity contribution is 0.571. The number of nitrogens with zero attached hydrogens (tertiary/aromatic N) is 3. The molecule has 0 N–H and O–H groups in total. The minimum absolute atomic E-state index is 0.706. The third kappa shape index (κ3) is 3.49. The highest BCUT2D eigenvalue weighted by Crippen LogP contribution is 2.05. The van der Waals surface area contributed by atoms with E-state index in [9.17, 15) is 0 Å². The van der Waals surface area contributed by atoms with E-state index in [1.807, 2.05) is 13.8 Å². The van der Waals surface area contributed by atoms with Crippen LogP contribution in [-0.4, -0.2) is 15.0 Å². The maximum atomic E-state index is 4.28. The second kappa shape index (κ2) is 4.30. The van der Waals surface area contributed by atoms with Crippen molar-refractivity contribution in [2.45, 2.75) is 40.5 Å².